The first-order valence-electron chi connectivity index (χ1n) is 5.51. The number of halogens is 1. The van der Waals surface area contributed by atoms with Gasteiger partial charge >= 0.3 is 0 Å². The average Bonchev–Trinajstić information content (AvgIpc) is 2.34. The van der Waals surface area contributed by atoms with Crippen molar-refractivity contribution >= 4 is 29.3 Å². The number of thioether (sulfide) groups is 1. The lowest BCUT2D eigenvalue weighted by Crippen LogP contribution is -2.23. The molecule has 0 aliphatic carbocycles. The van der Waals surface area contributed by atoms with E-state index >= 15 is 0 Å². The highest BCUT2D eigenvalue weighted by Crippen LogP contribution is 2.21. The number of carbonyl (C=O) groups excluding carboxylic acids is 1. The minimum Gasteiger partial charge on any atom is -0.274 e. The van der Waals surface area contributed by atoms with Crippen LogP contribution in [0.1, 0.15) is 19.8 Å². The number of nitrogens with one attached hydrogen (secondary N) is 1. The predicted octanol–water partition coefficient (Wildman–Crippen LogP) is 3.28. The molecule has 0 heterocycles. The van der Waals surface area contributed by atoms with Crippen molar-refractivity contribution in [3.63, 3.8) is 0 Å². The van der Waals surface area contributed by atoms with E-state index in [1.165, 1.54) is 4.90 Å². The number of rotatable bonds is 7. The lowest BCUT2D eigenvalue weighted by atomic mass is 10.3. The minimum absolute atomic E-state index is 0.0662. The molecule has 5 heteroatoms. The number of amides is 1. The van der Waals surface area contributed by atoms with Crippen LogP contribution in [0.3, 0.4) is 0 Å². The van der Waals surface area contributed by atoms with E-state index < -0.39 is 0 Å². The van der Waals surface area contributed by atoms with Gasteiger partial charge in [-0.25, -0.2) is 5.48 Å². The Morgan fingerprint density at radius 2 is 2.12 bits per heavy atom. The molecular formula is C12H16ClNO2S. The molecule has 0 aliphatic rings. The first kappa shape index (κ1) is 14.4. The fourth-order valence-corrected chi connectivity index (χ4v) is 2.14. The first-order valence-corrected chi connectivity index (χ1v) is 6.87. The SMILES string of the molecule is CCONC(=O)CCCSc1ccc(Cl)cc1. The number of hydrogen-bond acceptors (Lipinski definition) is 3. The molecule has 3 nitrogen and oxygen atoms in total. The zero-order chi connectivity index (χ0) is 12.5. The minimum atomic E-state index is -0.0662. The molecule has 0 spiro atoms. The smallest absolute Gasteiger partial charge is 0.243 e. The largest absolute Gasteiger partial charge is 0.274 e. The topological polar surface area (TPSA) is 38.3 Å². The van der Waals surface area contributed by atoms with Gasteiger partial charge in [-0.3, -0.25) is 9.63 Å². The van der Waals surface area contributed by atoms with Crippen LogP contribution in [0.2, 0.25) is 5.02 Å². The molecule has 1 rings (SSSR count). The zero-order valence-electron chi connectivity index (χ0n) is 9.74. The van der Waals surface area contributed by atoms with Gasteiger partial charge in [-0.1, -0.05) is 11.6 Å². The highest BCUT2D eigenvalue weighted by atomic mass is 35.5. The van der Waals surface area contributed by atoms with Crippen molar-refractivity contribution in [1.29, 1.82) is 0 Å². The van der Waals surface area contributed by atoms with Crippen LogP contribution in [0.4, 0.5) is 0 Å². The number of benzene rings is 1. The standard InChI is InChI=1S/C12H16ClNO2S/c1-2-16-14-12(15)4-3-9-17-11-7-5-10(13)6-8-11/h5-8H,2-4,9H2,1H3,(H,14,15). The highest BCUT2D eigenvalue weighted by molar-refractivity contribution is 7.99. The van der Waals surface area contributed by atoms with Crippen molar-refractivity contribution in [2.45, 2.75) is 24.7 Å². The van der Waals surface area contributed by atoms with Crippen LogP contribution in [-0.4, -0.2) is 18.3 Å². The molecule has 0 unspecified atom stereocenters. The maximum atomic E-state index is 11.2. The summed E-state index contributed by atoms with van der Waals surface area (Å²) in [5.74, 6) is 0.838. The van der Waals surface area contributed by atoms with Crippen molar-refractivity contribution in [3.8, 4) is 0 Å². The molecule has 1 aromatic rings. The summed E-state index contributed by atoms with van der Waals surface area (Å²) in [5, 5.41) is 0.741. The van der Waals surface area contributed by atoms with E-state index in [1.807, 2.05) is 31.2 Å². The second-order valence-corrected chi connectivity index (χ2v) is 4.97. The number of hydrogen-bond donors (Lipinski definition) is 1. The van der Waals surface area contributed by atoms with Gasteiger partial charge in [-0.2, -0.15) is 0 Å². The molecule has 0 saturated carbocycles. The third-order valence-corrected chi connectivity index (χ3v) is 3.31. The molecule has 0 aromatic heterocycles. The van der Waals surface area contributed by atoms with Crippen molar-refractivity contribution < 1.29 is 9.63 Å². The zero-order valence-corrected chi connectivity index (χ0v) is 11.3. The monoisotopic (exact) mass is 273 g/mol. The fraction of sp³-hybridized carbons (Fsp3) is 0.417. The van der Waals surface area contributed by atoms with Gasteiger partial charge in [0.25, 0.3) is 0 Å². The summed E-state index contributed by atoms with van der Waals surface area (Å²) >= 11 is 7.50. The van der Waals surface area contributed by atoms with Crippen LogP contribution in [0.5, 0.6) is 0 Å². The fourth-order valence-electron chi connectivity index (χ4n) is 1.16. The Bertz CT molecular complexity index is 343. The lowest BCUT2D eigenvalue weighted by molar-refractivity contribution is -0.133. The van der Waals surface area contributed by atoms with Crippen LogP contribution >= 0.6 is 23.4 Å². The molecule has 0 atom stereocenters. The maximum absolute atomic E-state index is 11.2. The van der Waals surface area contributed by atoms with Gasteiger partial charge in [0, 0.05) is 16.3 Å². The maximum Gasteiger partial charge on any atom is 0.243 e. The molecule has 0 bridgehead atoms. The lowest BCUT2D eigenvalue weighted by Gasteiger charge is -2.03. The van der Waals surface area contributed by atoms with Crippen molar-refractivity contribution in [2.24, 2.45) is 0 Å². The Morgan fingerprint density at radius 1 is 1.41 bits per heavy atom. The average molecular weight is 274 g/mol. The van der Waals surface area contributed by atoms with E-state index in [1.54, 1.807) is 11.8 Å². The third-order valence-electron chi connectivity index (χ3n) is 1.96. The number of carbonyl (C=O) groups is 1. The first-order chi connectivity index (χ1) is 8.22. The van der Waals surface area contributed by atoms with Gasteiger partial charge in [-0.15, -0.1) is 11.8 Å². The van der Waals surface area contributed by atoms with Crippen molar-refractivity contribution in [2.75, 3.05) is 12.4 Å². The quantitative estimate of drug-likeness (QED) is 0.471. The van der Waals surface area contributed by atoms with E-state index in [4.69, 9.17) is 16.4 Å². The molecule has 1 N–H and O–H groups in total. The van der Waals surface area contributed by atoms with Crippen LogP contribution in [0.15, 0.2) is 29.2 Å². The second-order valence-electron chi connectivity index (χ2n) is 3.36. The van der Waals surface area contributed by atoms with Gasteiger partial charge in [0.15, 0.2) is 0 Å². The molecule has 1 aromatic carbocycles. The van der Waals surface area contributed by atoms with Crippen molar-refractivity contribution in [1.82, 2.24) is 5.48 Å². The van der Waals surface area contributed by atoms with Gasteiger partial charge in [-0.05, 0) is 43.4 Å². The van der Waals surface area contributed by atoms with E-state index in [0.717, 1.165) is 17.2 Å². The molecule has 0 radical (unpaired) electrons. The Kier molecular flexibility index (Phi) is 7.08. The second kappa shape index (κ2) is 8.39. The van der Waals surface area contributed by atoms with Crippen LogP contribution in [-0.2, 0) is 9.63 Å². The van der Waals surface area contributed by atoms with Crippen molar-refractivity contribution in [3.05, 3.63) is 29.3 Å². The summed E-state index contributed by atoms with van der Waals surface area (Å²) in [5.41, 5.74) is 2.37. The summed E-state index contributed by atoms with van der Waals surface area (Å²) in [6, 6.07) is 7.69. The van der Waals surface area contributed by atoms with Crippen LogP contribution < -0.4 is 5.48 Å². The molecular weight excluding hydrogens is 258 g/mol. The summed E-state index contributed by atoms with van der Waals surface area (Å²) < 4.78 is 0. The summed E-state index contributed by atoms with van der Waals surface area (Å²) in [6.07, 6.45) is 1.31. The molecule has 0 aliphatic heterocycles. The van der Waals surface area contributed by atoms with Crippen LogP contribution in [0.25, 0.3) is 0 Å². The van der Waals surface area contributed by atoms with E-state index in [-0.39, 0.29) is 5.91 Å². The predicted molar refractivity (Wildman–Crippen MR) is 71.2 cm³/mol. The molecule has 1 amide bonds. The summed E-state index contributed by atoms with van der Waals surface area (Å²) in [6.45, 7) is 2.32. The Balaban J connectivity index is 2.11. The molecule has 94 valence electrons. The van der Waals surface area contributed by atoms with Gasteiger partial charge in [0.05, 0.1) is 6.61 Å². The summed E-state index contributed by atoms with van der Waals surface area (Å²) in [7, 11) is 0. The van der Waals surface area contributed by atoms with E-state index in [9.17, 15) is 4.79 Å². The Morgan fingerprint density at radius 3 is 2.76 bits per heavy atom. The third kappa shape index (κ3) is 6.56. The van der Waals surface area contributed by atoms with Gasteiger partial charge in [0.1, 0.15) is 0 Å². The molecule has 0 fully saturated rings. The van der Waals surface area contributed by atoms with E-state index in [2.05, 4.69) is 5.48 Å². The number of hydroxylamine groups is 1. The van der Waals surface area contributed by atoms with Gasteiger partial charge < -0.3 is 0 Å². The van der Waals surface area contributed by atoms with E-state index in [0.29, 0.717) is 13.0 Å². The summed E-state index contributed by atoms with van der Waals surface area (Å²) in [4.78, 5) is 17.2. The van der Waals surface area contributed by atoms with Crippen LogP contribution in [0, 0.1) is 0 Å². The Hall–Kier alpha value is -0.710. The van der Waals surface area contributed by atoms with Gasteiger partial charge in [0.2, 0.25) is 5.91 Å². The normalized spacial score (nSPS) is 10.2. The Labute approximate surface area is 111 Å². The molecule has 0 saturated heterocycles. The molecule has 17 heavy (non-hydrogen) atoms. The highest BCUT2D eigenvalue weighted by Gasteiger charge is 2.00.